The van der Waals surface area contributed by atoms with Gasteiger partial charge in [-0.2, -0.15) is 0 Å². The van der Waals surface area contributed by atoms with Gasteiger partial charge >= 0.3 is 6.01 Å². The molecule has 0 aliphatic carbocycles. The summed E-state index contributed by atoms with van der Waals surface area (Å²) in [6.07, 6.45) is 1.98. The molecule has 122 valence electrons. The van der Waals surface area contributed by atoms with Crippen LogP contribution in [0.15, 0.2) is 52.9 Å². The molecule has 0 aliphatic rings. The van der Waals surface area contributed by atoms with Crippen LogP contribution < -0.4 is 5.32 Å². The summed E-state index contributed by atoms with van der Waals surface area (Å²) >= 11 is 0. The number of carbonyl (C=O) groups excluding carboxylic acids is 1. The molecule has 0 saturated carbocycles. The van der Waals surface area contributed by atoms with Crippen molar-refractivity contribution in [1.29, 1.82) is 0 Å². The molecule has 0 unspecified atom stereocenters. The zero-order valence-corrected chi connectivity index (χ0v) is 13.7. The van der Waals surface area contributed by atoms with E-state index in [1.807, 2.05) is 49.4 Å². The lowest BCUT2D eigenvalue weighted by molar-refractivity contribution is 0.102. The molecule has 1 amide bonds. The Hall–Kier alpha value is -2.95. The molecule has 1 N–H and O–H groups in total. The minimum Gasteiger partial charge on any atom is -0.403 e. The van der Waals surface area contributed by atoms with E-state index in [1.54, 1.807) is 0 Å². The molecule has 0 saturated heterocycles. The van der Waals surface area contributed by atoms with E-state index >= 15 is 0 Å². The SMILES string of the molecule is CCCc1cc(C)cc(C(=O)Nc2nnc(-c3ccccc3)o2)c1. The maximum atomic E-state index is 12.4. The highest BCUT2D eigenvalue weighted by molar-refractivity contribution is 6.03. The number of aromatic nitrogens is 2. The predicted octanol–water partition coefficient (Wildman–Crippen LogP) is 4.25. The monoisotopic (exact) mass is 321 g/mol. The molecule has 3 aromatic rings. The van der Waals surface area contributed by atoms with Crippen LogP contribution in [0.2, 0.25) is 0 Å². The average molecular weight is 321 g/mol. The number of rotatable bonds is 5. The summed E-state index contributed by atoms with van der Waals surface area (Å²) in [6.45, 7) is 4.10. The average Bonchev–Trinajstić information content (AvgIpc) is 3.04. The van der Waals surface area contributed by atoms with E-state index in [9.17, 15) is 4.79 Å². The third-order valence-electron chi connectivity index (χ3n) is 3.60. The fourth-order valence-electron chi connectivity index (χ4n) is 2.57. The number of carbonyl (C=O) groups is 1. The van der Waals surface area contributed by atoms with Crippen molar-refractivity contribution >= 4 is 11.9 Å². The number of hydrogen-bond acceptors (Lipinski definition) is 4. The summed E-state index contributed by atoms with van der Waals surface area (Å²) in [4.78, 5) is 12.4. The van der Waals surface area contributed by atoms with Crippen LogP contribution >= 0.6 is 0 Å². The standard InChI is InChI=1S/C19H19N3O2/c1-3-7-14-10-13(2)11-16(12-14)17(23)20-19-22-21-18(24-19)15-8-5-4-6-9-15/h4-6,8-12H,3,7H2,1-2H3,(H,20,22,23). The highest BCUT2D eigenvalue weighted by Crippen LogP contribution is 2.20. The van der Waals surface area contributed by atoms with Crippen LogP contribution in [-0.2, 0) is 6.42 Å². The minimum atomic E-state index is -0.251. The lowest BCUT2D eigenvalue weighted by Crippen LogP contribution is -2.12. The van der Waals surface area contributed by atoms with Crippen LogP contribution in [0.4, 0.5) is 6.01 Å². The third kappa shape index (κ3) is 3.68. The van der Waals surface area contributed by atoms with Gasteiger partial charge < -0.3 is 4.42 Å². The Bertz CT molecular complexity index is 841. The van der Waals surface area contributed by atoms with E-state index in [2.05, 4.69) is 28.5 Å². The normalized spacial score (nSPS) is 10.6. The Morgan fingerprint density at radius 3 is 2.67 bits per heavy atom. The first kappa shape index (κ1) is 15.9. The third-order valence-corrected chi connectivity index (χ3v) is 3.60. The Labute approximate surface area is 140 Å². The van der Waals surface area contributed by atoms with Crippen molar-refractivity contribution < 1.29 is 9.21 Å². The van der Waals surface area contributed by atoms with Crippen molar-refractivity contribution in [2.24, 2.45) is 0 Å². The van der Waals surface area contributed by atoms with Crippen molar-refractivity contribution in [2.45, 2.75) is 26.7 Å². The van der Waals surface area contributed by atoms with E-state index in [0.29, 0.717) is 11.5 Å². The van der Waals surface area contributed by atoms with Gasteiger partial charge in [-0.15, -0.1) is 5.10 Å². The van der Waals surface area contributed by atoms with Gasteiger partial charge in [0.25, 0.3) is 5.91 Å². The van der Waals surface area contributed by atoms with Crippen LogP contribution in [-0.4, -0.2) is 16.1 Å². The van der Waals surface area contributed by atoms with Gasteiger partial charge in [0.05, 0.1) is 0 Å². The Balaban J connectivity index is 1.77. The number of benzene rings is 2. The van der Waals surface area contributed by atoms with Crippen molar-refractivity contribution in [3.05, 3.63) is 65.2 Å². The molecule has 5 nitrogen and oxygen atoms in total. The fraction of sp³-hybridized carbons (Fsp3) is 0.211. The number of amides is 1. The van der Waals surface area contributed by atoms with Crippen LogP contribution in [0.25, 0.3) is 11.5 Å². The largest absolute Gasteiger partial charge is 0.403 e. The molecule has 0 spiro atoms. The van der Waals surface area contributed by atoms with E-state index in [1.165, 1.54) is 0 Å². The lowest BCUT2D eigenvalue weighted by atomic mass is 10.0. The summed E-state index contributed by atoms with van der Waals surface area (Å²) < 4.78 is 5.52. The predicted molar refractivity (Wildman–Crippen MR) is 92.9 cm³/mol. The second-order valence-electron chi connectivity index (χ2n) is 5.69. The van der Waals surface area contributed by atoms with E-state index in [0.717, 1.165) is 29.5 Å². The summed E-state index contributed by atoms with van der Waals surface area (Å²) in [5.41, 5.74) is 3.61. The molecule has 0 bridgehead atoms. The first-order valence-corrected chi connectivity index (χ1v) is 7.96. The van der Waals surface area contributed by atoms with Gasteiger partial charge in [0, 0.05) is 11.1 Å². The molecule has 24 heavy (non-hydrogen) atoms. The lowest BCUT2D eigenvalue weighted by Gasteiger charge is -2.06. The quantitative estimate of drug-likeness (QED) is 0.763. The number of aryl methyl sites for hydroxylation is 2. The van der Waals surface area contributed by atoms with Gasteiger partial charge in [-0.1, -0.05) is 48.3 Å². The molecule has 1 aromatic heterocycles. The van der Waals surface area contributed by atoms with Crippen molar-refractivity contribution in [2.75, 3.05) is 5.32 Å². The summed E-state index contributed by atoms with van der Waals surface area (Å²) in [5.74, 6) is 0.126. The molecule has 2 aromatic carbocycles. The van der Waals surface area contributed by atoms with Gasteiger partial charge in [-0.05, 0) is 43.2 Å². The van der Waals surface area contributed by atoms with Crippen LogP contribution in [0, 0.1) is 6.92 Å². The second kappa shape index (κ2) is 7.08. The first-order valence-electron chi connectivity index (χ1n) is 7.96. The van der Waals surface area contributed by atoms with Gasteiger partial charge in [0.2, 0.25) is 5.89 Å². The van der Waals surface area contributed by atoms with Gasteiger partial charge in [-0.25, -0.2) is 0 Å². The van der Waals surface area contributed by atoms with Crippen LogP contribution in [0.1, 0.15) is 34.8 Å². The van der Waals surface area contributed by atoms with E-state index in [4.69, 9.17) is 4.42 Å². The Morgan fingerprint density at radius 2 is 1.92 bits per heavy atom. The summed E-state index contributed by atoms with van der Waals surface area (Å²) in [7, 11) is 0. The summed E-state index contributed by atoms with van der Waals surface area (Å²) in [5, 5.41) is 10.5. The molecular weight excluding hydrogens is 302 g/mol. The topological polar surface area (TPSA) is 68.0 Å². The fourth-order valence-corrected chi connectivity index (χ4v) is 2.57. The van der Waals surface area contributed by atoms with Gasteiger partial charge in [0.1, 0.15) is 0 Å². The molecule has 3 rings (SSSR count). The van der Waals surface area contributed by atoms with Crippen molar-refractivity contribution in [3.63, 3.8) is 0 Å². The minimum absolute atomic E-state index is 0.0948. The number of nitrogens with one attached hydrogen (secondary N) is 1. The van der Waals surface area contributed by atoms with Crippen molar-refractivity contribution in [3.8, 4) is 11.5 Å². The molecule has 0 radical (unpaired) electrons. The van der Waals surface area contributed by atoms with E-state index < -0.39 is 0 Å². The first-order chi connectivity index (χ1) is 11.7. The zero-order valence-electron chi connectivity index (χ0n) is 13.7. The Morgan fingerprint density at radius 1 is 1.12 bits per heavy atom. The van der Waals surface area contributed by atoms with Crippen LogP contribution in [0.3, 0.4) is 0 Å². The number of nitrogens with zero attached hydrogens (tertiary/aromatic N) is 2. The maximum absolute atomic E-state index is 12.4. The Kier molecular flexibility index (Phi) is 4.70. The molecule has 0 fully saturated rings. The number of anilines is 1. The van der Waals surface area contributed by atoms with Gasteiger partial charge in [-0.3, -0.25) is 10.1 Å². The molecular formula is C19H19N3O2. The molecule has 0 atom stereocenters. The second-order valence-corrected chi connectivity index (χ2v) is 5.69. The summed E-state index contributed by atoms with van der Waals surface area (Å²) in [6, 6.07) is 15.4. The van der Waals surface area contributed by atoms with Crippen molar-refractivity contribution in [1.82, 2.24) is 10.2 Å². The van der Waals surface area contributed by atoms with Crippen LogP contribution in [0.5, 0.6) is 0 Å². The number of hydrogen-bond donors (Lipinski definition) is 1. The molecule has 0 aliphatic heterocycles. The smallest absolute Gasteiger partial charge is 0.322 e. The van der Waals surface area contributed by atoms with E-state index in [-0.39, 0.29) is 11.9 Å². The highest BCUT2D eigenvalue weighted by atomic mass is 16.4. The molecule has 1 heterocycles. The maximum Gasteiger partial charge on any atom is 0.322 e. The molecule has 5 heteroatoms. The zero-order chi connectivity index (χ0) is 16.9. The highest BCUT2D eigenvalue weighted by Gasteiger charge is 2.13. The van der Waals surface area contributed by atoms with Gasteiger partial charge in [0.15, 0.2) is 0 Å².